The van der Waals surface area contributed by atoms with Gasteiger partial charge in [-0.25, -0.2) is 13.9 Å². The van der Waals surface area contributed by atoms with E-state index in [1.807, 2.05) is 13.0 Å². The Kier molecular flexibility index (Phi) is 5.90. The highest BCUT2D eigenvalue weighted by molar-refractivity contribution is 7.78. The van der Waals surface area contributed by atoms with Crippen molar-refractivity contribution < 1.29 is 0 Å². The van der Waals surface area contributed by atoms with Crippen molar-refractivity contribution in [1.29, 1.82) is 0 Å². The molecule has 36 heavy (non-hydrogen) atoms. The number of hydrogen-bond donors (Lipinski definition) is 1. The molecular formula is C29H29N5OS. The summed E-state index contributed by atoms with van der Waals surface area (Å²) in [5.41, 5.74) is 8.86. The Labute approximate surface area is 216 Å². The van der Waals surface area contributed by atoms with Gasteiger partial charge in [0.15, 0.2) is 0 Å². The number of imidazole rings is 1. The predicted octanol–water partition coefficient (Wildman–Crippen LogP) is 4.98. The van der Waals surface area contributed by atoms with Gasteiger partial charge in [-0.05, 0) is 62.4 Å². The van der Waals surface area contributed by atoms with Crippen molar-refractivity contribution in [2.24, 2.45) is 0 Å². The molecule has 0 radical (unpaired) electrons. The van der Waals surface area contributed by atoms with Gasteiger partial charge >= 0.3 is 0 Å². The fraction of sp³-hybridized carbons (Fsp3) is 0.276. The molecule has 0 spiro atoms. The lowest BCUT2D eigenvalue weighted by Crippen LogP contribution is -2.34. The van der Waals surface area contributed by atoms with Gasteiger partial charge in [0, 0.05) is 42.7 Å². The molecule has 1 fully saturated rings. The number of benzene rings is 2. The first-order chi connectivity index (χ1) is 17.5. The molecule has 4 heterocycles. The molecule has 0 saturated carbocycles. The lowest BCUT2D eigenvalue weighted by Gasteiger charge is -2.30. The first-order valence-electron chi connectivity index (χ1n) is 12.5. The molecule has 0 bridgehead atoms. The maximum absolute atomic E-state index is 12.7. The quantitative estimate of drug-likeness (QED) is 0.359. The number of aryl methyl sites for hydroxylation is 2. The Balaban J connectivity index is 1.30. The van der Waals surface area contributed by atoms with Gasteiger partial charge in [0.05, 0.1) is 11.0 Å². The summed E-state index contributed by atoms with van der Waals surface area (Å²) >= 11 is 4.30. The van der Waals surface area contributed by atoms with Crippen LogP contribution in [0.5, 0.6) is 0 Å². The highest BCUT2D eigenvalue weighted by Gasteiger charge is 2.25. The summed E-state index contributed by atoms with van der Waals surface area (Å²) in [6.45, 7) is 6.48. The number of hydrogen-bond acceptors (Lipinski definition) is 5. The molecular weight excluding hydrogens is 466 g/mol. The van der Waals surface area contributed by atoms with Gasteiger partial charge < -0.3 is 4.90 Å². The van der Waals surface area contributed by atoms with E-state index in [0.29, 0.717) is 12.2 Å². The highest BCUT2D eigenvalue weighted by Crippen LogP contribution is 2.37. The number of thiol groups is 1. The molecule has 182 valence electrons. The van der Waals surface area contributed by atoms with Crippen LogP contribution in [-0.4, -0.2) is 43.0 Å². The first-order valence-corrected chi connectivity index (χ1v) is 12.9. The van der Waals surface area contributed by atoms with Crippen LogP contribution < -0.4 is 5.56 Å². The van der Waals surface area contributed by atoms with Crippen molar-refractivity contribution in [3.05, 3.63) is 98.5 Å². The van der Waals surface area contributed by atoms with Crippen molar-refractivity contribution >= 4 is 41.7 Å². The van der Waals surface area contributed by atoms with E-state index in [0.717, 1.165) is 60.6 Å². The summed E-state index contributed by atoms with van der Waals surface area (Å²) in [5, 5.41) is 0. The maximum Gasteiger partial charge on any atom is 0.266 e. The van der Waals surface area contributed by atoms with Gasteiger partial charge in [-0.1, -0.05) is 54.8 Å². The van der Waals surface area contributed by atoms with Crippen LogP contribution in [0.1, 0.15) is 46.9 Å². The Morgan fingerprint density at radius 2 is 1.72 bits per heavy atom. The van der Waals surface area contributed by atoms with Gasteiger partial charge in [-0.3, -0.25) is 9.36 Å². The van der Waals surface area contributed by atoms with Crippen LogP contribution in [0.4, 0.5) is 0 Å². The van der Waals surface area contributed by atoms with Crippen molar-refractivity contribution in [1.82, 2.24) is 23.4 Å². The van der Waals surface area contributed by atoms with E-state index in [2.05, 4.69) is 82.0 Å². The molecule has 2 aromatic carbocycles. The lowest BCUT2D eigenvalue weighted by atomic mass is 9.90. The van der Waals surface area contributed by atoms with Gasteiger partial charge in [0.2, 0.25) is 0 Å². The molecule has 0 aliphatic carbocycles. The second-order valence-corrected chi connectivity index (χ2v) is 10.0. The highest BCUT2D eigenvalue weighted by atomic mass is 32.1. The Bertz CT molecular complexity index is 1600. The van der Waals surface area contributed by atoms with E-state index in [9.17, 15) is 4.79 Å². The summed E-state index contributed by atoms with van der Waals surface area (Å²) in [6, 6.07) is 17.0. The Hall–Kier alpha value is -3.42. The maximum atomic E-state index is 12.7. The number of para-hydroxylation sites is 2. The largest absolute Gasteiger partial charge is 0.302 e. The molecule has 0 amide bonds. The molecule has 4 aromatic rings. The standard InChI is InChI=1S/C29H29N5OS/c1-19-23(29(35)34(36)20(2)30-19)14-17-32-15-11-22(12-16-32)27-24-8-4-3-7-21(24)13-18-33-26-10-6-5-9-25(26)31-28(27)33/h3-10,13,18,36H,11-12,14-17H2,1-2H3. The SMILES string of the molecule is Cc1nc(C)n(S)c(=O)c1CCN1CCC(=C2c3ccccc3C=Cn3c2nc2ccccc23)CC1. The smallest absolute Gasteiger partial charge is 0.266 e. The van der Waals surface area contributed by atoms with Crippen molar-refractivity contribution in [3.63, 3.8) is 0 Å². The molecule has 6 nitrogen and oxygen atoms in total. The van der Waals surface area contributed by atoms with E-state index in [1.54, 1.807) is 6.92 Å². The van der Waals surface area contributed by atoms with Crippen LogP contribution in [0, 0.1) is 13.8 Å². The number of fused-ring (bicyclic) bond motifs is 4. The lowest BCUT2D eigenvalue weighted by molar-refractivity contribution is 0.259. The third-order valence-corrected chi connectivity index (χ3v) is 7.94. The summed E-state index contributed by atoms with van der Waals surface area (Å²) < 4.78 is 3.59. The zero-order valence-corrected chi connectivity index (χ0v) is 21.5. The van der Waals surface area contributed by atoms with E-state index in [4.69, 9.17) is 4.98 Å². The first kappa shape index (κ1) is 23.0. The fourth-order valence-corrected chi connectivity index (χ4v) is 5.67. The number of likely N-dealkylation sites (tertiary alicyclic amines) is 1. The summed E-state index contributed by atoms with van der Waals surface area (Å²) in [5.74, 6) is 1.65. The van der Waals surface area contributed by atoms with E-state index in [-0.39, 0.29) is 5.56 Å². The van der Waals surface area contributed by atoms with Gasteiger partial charge in [-0.2, -0.15) is 0 Å². The molecule has 0 unspecified atom stereocenters. The normalized spacial score (nSPS) is 15.8. The summed E-state index contributed by atoms with van der Waals surface area (Å²) in [7, 11) is 0. The molecule has 0 atom stereocenters. The molecule has 1 saturated heterocycles. The number of piperidine rings is 1. The van der Waals surface area contributed by atoms with Crippen LogP contribution in [0.25, 0.3) is 28.9 Å². The molecule has 7 heteroatoms. The molecule has 2 aliphatic rings. The topological polar surface area (TPSA) is 56.0 Å². The van der Waals surface area contributed by atoms with Gasteiger partial charge in [-0.15, -0.1) is 0 Å². The van der Waals surface area contributed by atoms with Crippen LogP contribution in [0.2, 0.25) is 0 Å². The summed E-state index contributed by atoms with van der Waals surface area (Å²) in [4.78, 5) is 24.7. The average Bonchev–Trinajstić information content (AvgIpc) is 3.17. The second kappa shape index (κ2) is 9.22. The van der Waals surface area contributed by atoms with E-state index < -0.39 is 0 Å². The van der Waals surface area contributed by atoms with Crippen molar-refractivity contribution in [2.45, 2.75) is 33.1 Å². The van der Waals surface area contributed by atoms with Crippen molar-refractivity contribution in [3.8, 4) is 0 Å². The summed E-state index contributed by atoms with van der Waals surface area (Å²) in [6.07, 6.45) is 7.00. The minimum absolute atomic E-state index is 0.0513. The van der Waals surface area contributed by atoms with E-state index >= 15 is 0 Å². The molecule has 2 aliphatic heterocycles. The van der Waals surface area contributed by atoms with Crippen LogP contribution in [0.3, 0.4) is 0 Å². The third-order valence-electron chi connectivity index (χ3n) is 7.47. The minimum Gasteiger partial charge on any atom is -0.302 e. The zero-order valence-electron chi connectivity index (χ0n) is 20.6. The Morgan fingerprint density at radius 1 is 0.972 bits per heavy atom. The Morgan fingerprint density at radius 3 is 2.56 bits per heavy atom. The van der Waals surface area contributed by atoms with Crippen LogP contribution in [-0.2, 0) is 6.42 Å². The van der Waals surface area contributed by atoms with Crippen LogP contribution >= 0.6 is 12.8 Å². The molecule has 0 N–H and O–H groups in total. The van der Waals surface area contributed by atoms with Gasteiger partial charge in [0.25, 0.3) is 5.56 Å². The van der Waals surface area contributed by atoms with Gasteiger partial charge in [0.1, 0.15) is 11.6 Å². The van der Waals surface area contributed by atoms with E-state index in [1.165, 1.54) is 26.2 Å². The molecule has 6 rings (SSSR count). The minimum atomic E-state index is -0.0513. The monoisotopic (exact) mass is 495 g/mol. The average molecular weight is 496 g/mol. The third kappa shape index (κ3) is 3.92. The predicted molar refractivity (Wildman–Crippen MR) is 149 cm³/mol. The molecule has 2 aromatic heterocycles. The number of aromatic nitrogens is 4. The number of rotatable bonds is 3. The zero-order chi connectivity index (χ0) is 24.8. The van der Waals surface area contributed by atoms with Crippen molar-refractivity contribution in [2.75, 3.05) is 19.6 Å². The van der Waals surface area contributed by atoms with Crippen LogP contribution in [0.15, 0.2) is 58.9 Å². The fourth-order valence-electron chi connectivity index (χ4n) is 5.51. The number of nitrogens with zero attached hydrogens (tertiary/aromatic N) is 5. The second-order valence-electron chi connectivity index (χ2n) is 9.61.